The van der Waals surface area contributed by atoms with Crippen molar-refractivity contribution < 1.29 is 14.3 Å². The Bertz CT molecular complexity index is 970. The summed E-state index contributed by atoms with van der Waals surface area (Å²) < 4.78 is 5.65. The first kappa shape index (κ1) is 22.3. The van der Waals surface area contributed by atoms with Gasteiger partial charge in [-0.25, -0.2) is 4.79 Å². The number of fused-ring (bicyclic) bond motifs is 1. The highest BCUT2D eigenvalue weighted by molar-refractivity contribution is 5.97. The smallest absolute Gasteiger partial charge is 0.410 e. The van der Waals surface area contributed by atoms with Crippen molar-refractivity contribution in [1.82, 2.24) is 9.80 Å². The minimum absolute atomic E-state index is 0.0797. The van der Waals surface area contributed by atoms with Crippen LogP contribution in [0.5, 0.6) is 0 Å². The van der Waals surface area contributed by atoms with E-state index >= 15 is 0 Å². The maximum absolute atomic E-state index is 13.4. The molecular weight excluding hydrogens is 402 g/mol. The van der Waals surface area contributed by atoms with Crippen LogP contribution in [0.4, 0.5) is 10.5 Å². The summed E-state index contributed by atoms with van der Waals surface area (Å²) in [6.45, 7) is 10.6. The van der Waals surface area contributed by atoms with Gasteiger partial charge in [0.15, 0.2) is 0 Å². The lowest BCUT2D eigenvalue weighted by atomic mass is 9.93. The SMILES string of the molecule is Cc1cccc(NC(=O)C2C3CN(Cc4ccccc4)CC3CN2C(=O)OC(C)(C)C)c1. The largest absolute Gasteiger partial charge is 0.444 e. The van der Waals surface area contributed by atoms with E-state index in [0.29, 0.717) is 6.54 Å². The number of aryl methyl sites for hydroxylation is 1. The molecule has 2 heterocycles. The molecule has 2 amide bonds. The van der Waals surface area contributed by atoms with E-state index in [1.165, 1.54) is 5.56 Å². The first-order valence-electron chi connectivity index (χ1n) is 11.3. The molecule has 4 rings (SSSR count). The summed E-state index contributed by atoms with van der Waals surface area (Å²) in [5.41, 5.74) is 2.48. The molecule has 2 aromatic carbocycles. The van der Waals surface area contributed by atoms with Gasteiger partial charge in [-0.15, -0.1) is 0 Å². The van der Waals surface area contributed by atoms with E-state index in [9.17, 15) is 9.59 Å². The van der Waals surface area contributed by atoms with Gasteiger partial charge in [0.25, 0.3) is 0 Å². The lowest BCUT2D eigenvalue weighted by Gasteiger charge is -2.31. The third-order valence-electron chi connectivity index (χ3n) is 6.17. The van der Waals surface area contributed by atoms with Gasteiger partial charge in [0.05, 0.1) is 0 Å². The lowest BCUT2D eigenvalue weighted by molar-refractivity contribution is -0.121. The van der Waals surface area contributed by atoms with E-state index in [1.807, 2.05) is 58.0 Å². The van der Waals surface area contributed by atoms with Gasteiger partial charge in [-0.1, -0.05) is 42.5 Å². The van der Waals surface area contributed by atoms with Crippen LogP contribution in [0.15, 0.2) is 54.6 Å². The summed E-state index contributed by atoms with van der Waals surface area (Å²) in [6.07, 6.45) is -0.411. The number of ether oxygens (including phenoxy) is 1. The Kier molecular flexibility index (Phi) is 6.24. The number of benzene rings is 2. The molecule has 2 fully saturated rings. The Labute approximate surface area is 190 Å². The molecule has 6 nitrogen and oxygen atoms in total. The second kappa shape index (κ2) is 8.94. The Hall–Kier alpha value is -2.86. The second-order valence-corrected chi connectivity index (χ2v) is 10.0. The summed E-state index contributed by atoms with van der Waals surface area (Å²) in [4.78, 5) is 30.5. The predicted molar refractivity (Wildman–Crippen MR) is 125 cm³/mol. The van der Waals surface area contributed by atoms with Crippen molar-refractivity contribution in [2.45, 2.75) is 45.9 Å². The highest BCUT2D eigenvalue weighted by atomic mass is 16.6. The quantitative estimate of drug-likeness (QED) is 0.778. The molecule has 0 radical (unpaired) electrons. The van der Waals surface area contributed by atoms with Crippen LogP contribution < -0.4 is 5.32 Å². The Morgan fingerprint density at radius 2 is 1.78 bits per heavy atom. The molecule has 0 bridgehead atoms. The fraction of sp³-hybridized carbons (Fsp3) is 0.462. The van der Waals surface area contributed by atoms with Crippen LogP contribution in [0, 0.1) is 18.8 Å². The molecule has 170 valence electrons. The fourth-order valence-electron chi connectivity index (χ4n) is 4.89. The number of amides is 2. The number of hydrogen-bond acceptors (Lipinski definition) is 4. The topological polar surface area (TPSA) is 61.9 Å². The number of anilines is 1. The zero-order chi connectivity index (χ0) is 22.9. The average Bonchev–Trinajstić information content (AvgIpc) is 3.24. The number of nitrogens with zero attached hydrogens (tertiary/aromatic N) is 2. The van der Waals surface area contributed by atoms with Crippen LogP contribution in [0.2, 0.25) is 0 Å². The van der Waals surface area contributed by atoms with Crippen molar-refractivity contribution in [3.63, 3.8) is 0 Å². The molecule has 6 heteroatoms. The van der Waals surface area contributed by atoms with Crippen molar-refractivity contribution in [3.05, 3.63) is 65.7 Å². The van der Waals surface area contributed by atoms with Gasteiger partial charge in [0.1, 0.15) is 11.6 Å². The number of hydrogen-bond donors (Lipinski definition) is 1. The molecule has 2 aromatic rings. The van der Waals surface area contributed by atoms with Gasteiger partial charge in [-0.3, -0.25) is 14.6 Å². The number of likely N-dealkylation sites (tertiary alicyclic amines) is 2. The Balaban J connectivity index is 1.53. The third kappa shape index (κ3) is 5.13. The first-order valence-corrected chi connectivity index (χ1v) is 11.3. The highest BCUT2D eigenvalue weighted by Crippen LogP contribution is 2.38. The van der Waals surface area contributed by atoms with Crippen molar-refractivity contribution in [3.8, 4) is 0 Å². The van der Waals surface area contributed by atoms with Crippen LogP contribution >= 0.6 is 0 Å². The number of nitrogens with one attached hydrogen (secondary N) is 1. The molecule has 32 heavy (non-hydrogen) atoms. The third-order valence-corrected chi connectivity index (χ3v) is 6.17. The lowest BCUT2D eigenvalue weighted by Crippen LogP contribution is -2.49. The van der Waals surface area contributed by atoms with Crippen molar-refractivity contribution >= 4 is 17.7 Å². The molecule has 2 saturated heterocycles. The molecule has 0 spiro atoms. The monoisotopic (exact) mass is 435 g/mol. The van der Waals surface area contributed by atoms with E-state index in [-0.39, 0.29) is 17.7 Å². The van der Waals surface area contributed by atoms with Gasteiger partial charge >= 0.3 is 6.09 Å². The Morgan fingerprint density at radius 1 is 1.03 bits per heavy atom. The first-order chi connectivity index (χ1) is 15.2. The molecular formula is C26H33N3O3. The van der Waals surface area contributed by atoms with Crippen LogP contribution in [-0.2, 0) is 16.1 Å². The standard InChI is InChI=1S/C26H33N3O3/c1-18-9-8-12-21(13-18)27-24(30)23-22-17-28(14-19-10-6-5-7-11-19)15-20(22)16-29(23)25(31)32-26(2,3)4/h5-13,20,22-23H,14-17H2,1-4H3,(H,27,30). The summed E-state index contributed by atoms with van der Waals surface area (Å²) in [7, 11) is 0. The molecule has 0 saturated carbocycles. The van der Waals surface area contributed by atoms with E-state index in [0.717, 1.165) is 30.9 Å². The minimum atomic E-state index is -0.605. The maximum Gasteiger partial charge on any atom is 0.410 e. The van der Waals surface area contributed by atoms with Crippen LogP contribution in [0.1, 0.15) is 31.9 Å². The van der Waals surface area contributed by atoms with Gasteiger partial charge in [-0.05, 0) is 56.9 Å². The van der Waals surface area contributed by atoms with E-state index in [1.54, 1.807) is 4.90 Å². The molecule has 2 aliphatic rings. The zero-order valence-electron chi connectivity index (χ0n) is 19.4. The Morgan fingerprint density at radius 3 is 2.47 bits per heavy atom. The van der Waals surface area contributed by atoms with E-state index in [2.05, 4.69) is 34.5 Å². The van der Waals surface area contributed by atoms with Gasteiger partial charge in [0.2, 0.25) is 5.91 Å². The maximum atomic E-state index is 13.4. The van der Waals surface area contributed by atoms with Crippen LogP contribution in [0.3, 0.4) is 0 Å². The van der Waals surface area contributed by atoms with Gasteiger partial charge < -0.3 is 10.1 Å². The summed E-state index contributed by atoms with van der Waals surface area (Å²) in [6, 6.07) is 17.6. The second-order valence-electron chi connectivity index (χ2n) is 10.0. The van der Waals surface area contributed by atoms with Crippen molar-refractivity contribution in [2.24, 2.45) is 11.8 Å². The predicted octanol–water partition coefficient (Wildman–Crippen LogP) is 4.30. The summed E-state index contributed by atoms with van der Waals surface area (Å²) in [5, 5.41) is 3.04. The summed E-state index contributed by atoms with van der Waals surface area (Å²) >= 11 is 0. The molecule has 2 aliphatic heterocycles. The number of carbonyl (C=O) groups is 2. The van der Waals surface area contributed by atoms with Gasteiger partial charge in [0, 0.05) is 37.8 Å². The molecule has 3 atom stereocenters. The fourth-order valence-corrected chi connectivity index (χ4v) is 4.89. The zero-order valence-corrected chi connectivity index (χ0v) is 19.4. The van der Waals surface area contributed by atoms with Crippen LogP contribution in [-0.4, -0.2) is 53.1 Å². The van der Waals surface area contributed by atoms with Crippen molar-refractivity contribution in [1.29, 1.82) is 0 Å². The molecule has 1 N–H and O–H groups in total. The van der Waals surface area contributed by atoms with Crippen molar-refractivity contribution in [2.75, 3.05) is 25.0 Å². The molecule has 0 aliphatic carbocycles. The highest BCUT2D eigenvalue weighted by Gasteiger charge is 2.52. The minimum Gasteiger partial charge on any atom is -0.444 e. The van der Waals surface area contributed by atoms with E-state index in [4.69, 9.17) is 4.74 Å². The normalized spacial score (nSPS) is 23.1. The number of carbonyl (C=O) groups excluding carboxylic acids is 2. The molecule has 3 unspecified atom stereocenters. The average molecular weight is 436 g/mol. The van der Waals surface area contributed by atoms with Crippen LogP contribution in [0.25, 0.3) is 0 Å². The summed E-state index contributed by atoms with van der Waals surface area (Å²) in [5.74, 6) is 0.186. The van der Waals surface area contributed by atoms with Gasteiger partial charge in [-0.2, -0.15) is 0 Å². The van der Waals surface area contributed by atoms with E-state index < -0.39 is 17.7 Å². The molecule has 0 aromatic heterocycles. The number of rotatable bonds is 4.